The Kier molecular flexibility index (Phi) is 18.4. The van der Waals surface area contributed by atoms with Gasteiger partial charge in [-0.3, -0.25) is 0 Å². The predicted octanol–water partition coefficient (Wildman–Crippen LogP) is 8.09. The van der Waals surface area contributed by atoms with E-state index in [1.165, 1.54) is 0 Å². The molecule has 5 atom stereocenters. The van der Waals surface area contributed by atoms with Crippen molar-refractivity contribution >= 4 is 8.24 Å². The molecule has 1 aliphatic carbocycles. The van der Waals surface area contributed by atoms with E-state index in [2.05, 4.69) is 73.9 Å². The summed E-state index contributed by atoms with van der Waals surface area (Å²) in [7, 11) is -1.49. The van der Waals surface area contributed by atoms with Crippen LogP contribution in [-0.4, -0.2) is 13.8 Å². The van der Waals surface area contributed by atoms with E-state index in [0.29, 0.717) is 0 Å². The van der Waals surface area contributed by atoms with Crippen molar-refractivity contribution in [2.75, 3.05) is 0 Å². The fourth-order valence-corrected chi connectivity index (χ4v) is 9.54. The predicted molar refractivity (Wildman–Crippen MR) is 122 cm³/mol. The van der Waals surface area contributed by atoms with Crippen LogP contribution in [0.4, 0.5) is 0 Å². The number of hydrogen-bond donors (Lipinski definition) is 0. The Hall–Kier alpha value is 0.151. The summed E-state index contributed by atoms with van der Waals surface area (Å²) in [5, 5.41) is 0. The molecule has 1 nitrogen and oxygen atoms in total. The number of rotatable bonds is 3. The molecule has 3 heteroatoms. The van der Waals surface area contributed by atoms with Crippen molar-refractivity contribution in [1.82, 2.24) is 0 Å². The topological polar surface area (TPSA) is 14.1 Å². The molecule has 0 bridgehead atoms. The van der Waals surface area contributed by atoms with Crippen LogP contribution in [0.5, 0.6) is 0 Å². The van der Waals surface area contributed by atoms with E-state index in [-0.39, 0.29) is 42.1 Å². The van der Waals surface area contributed by atoms with Gasteiger partial charge < -0.3 is 19.8 Å². The Morgan fingerprint density at radius 3 is 1.54 bits per heavy atom. The molecule has 0 N–H and O–H groups in total. The second-order valence-electron chi connectivity index (χ2n) is 8.76. The second-order valence-corrected chi connectivity index (χ2v) is 13.0. The van der Waals surface area contributed by atoms with Gasteiger partial charge in [-0.25, -0.2) is 0 Å². The van der Waals surface area contributed by atoms with Gasteiger partial charge in [0.1, 0.15) is 0 Å². The van der Waals surface area contributed by atoms with E-state index in [1.54, 1.807) is 12.2 Å². The first-order valence-electron chi connectivity index (χ1n) is 9.11. The monoisotopic (exact) mass is 412 g/mol. The molecule has 26 heavy (non-hydrogen) atoms. The third-order valence-electron chi connectivity index (χ3n) is 5.44. The van der Waals surface area contributed by atoms with Gasteiger partial charge in [0.15, 0.2) is 0 Å². The normalized spacial score (nSPS) is 27.2. The second kappa shape index (κ2) is 14.2. The quantitative estimate of drug-likeness (QED) is 0.192. The fourth-order valence-electron chi connectivity index (χ4n) is 4.48. The molecular formula is C23H46NSiTi. The zero-order valence-corrected chi connectivity index (χ0v) is 22.3. The van der Waals surface area contributed by atoms with E-state index in [0.717, 1.165) is 29.2 Å². The van der Waals surface area contributed by atoms with Crippen molar-refractivity contribution in [3.63, 3.8) is 0 Å². The fraction of sp³-hybridized carbons (Fsp3) is 0.696. The van der Waals surface area contributed by atoms with E-state index >= 15 is 0 Å². The maximum Gasteiger partial charge on any atom is 3.00 e. The van der Waals surface area contributed by atoms with Gasteiger partial charge in [-0.1, -0.05) is 88.0 Å². The third kappa shape index (κ3) is 10.5. The van der Waals surface area contributed by atoms with Crippen LogP contribution in [0.15, 0.2) is 30.5 Å². The minimum absolute atomic E-state index is 0. The largest absolute Gasteiger partial charge is 3.00 e. The molecule has 0 amide bonds. The van der Waals surface area contributed by atoms with Gasteiger partial charge in [0.2, 0.25) is 0 Å². The summed E-state index contributed by atoms with van der Waals surface area (Å²) in [6.07, 6.45) is 5.29. The molecule has 151 valence electrons. The van der Waals surface area contributed by atoms with Crippen molar-refractivity contribution in [2.24, 2.45) is 23.7 Å². The Morgan fingerprint density at radius 2 is 1.31 bits per heavy atom. The molecule has 0 spiro atoms. The van der Waals surface area contributed by atoms with Gasteiger partial charge in [-0.2, -0.15) is 0 Å². The molecule has 0 aromatic heterocycles. The molecule has 0 aromatic carbocycles. The van der Waals surface area contributed by atoms with Crippen LogP contribution in [0.25, 0.3) is 4.98 Å². The van der Waals surface area contributed by atoms with Crippen LogP contribution in [0.1, 0.15) is 55.4 Å². The molecule has 0 aromatic rings. The number of nitrogens with zero attached hydrogens (tertiary/aromatic N) is 1. The van der Waals surface area contributed by atoms with Crippen molar-refractivity contribution in [3.05, 3.63) is 50.4 Å². The molecule has 0 heterocycles. The van der Waals surface area contributed by atoms with Crippen LogP contribution in [-0.2, 0) is 21.7 Å². The smallest absolute Gasteiger partial charge is 0.660 e. The molecule has 1 aliphatic rings. The summed E-state index contributed by atoms with van der Waals surface area (Å²) in [4.78, 5) is 5.23. The molecule has 0 saturated heterocycles. The number of allylic oxidation sites excluding steroid dienone is 2. The van der Waals surface area contributed by atoms with Crippen molar-refractivity contribution in [1.29, 1.82) is 0 Å². The summed E-state index contributed by atoms with van der Waals surface area (Å²) in [5.74, 6) is 3.40. The third-order valence-corrected chi connectivity index (χ3v) is 9.37. The molecule has 3 unspecified atom stereocenters. The average molecular weight is 413 g/mol. The molecule has 1 rings (SSSR count). The molecule has 0 aliphatic heterocycles. The SMILES string of the molecule is C=CC=C=CC.CC1C(C)[C@H](C)[C@H](C)C1[Si](C)(C)[N-]C(C)(C)C.[CH3-].[CH3-].[Ti+3]. The van der Waals surface area contributed by atoms with E-state index in [4.69, 9.17) is 4.98 Å². The van der Waals surface area contributed by atoms with Crippen LogP contribution >= 0.6 is 0 Å². The molecule has 1 saturated carbocycles. The first-order chi connectivity index (χ1) is 10.4. The molecule has 1 radical (unpaired) electrons. The molecular weight excluding hydrogens is 366 g/mol. The Labute approximate surface area is 183 Å². The van der Waals surface area contributed by atoms with Gasteiger partial charge in [0.25, 0.3) is 0 Å². The van der Waals surface area contributed by atoms with Gasteiger partial charge >= 0.3 is 21.7 Å². The summed E-state index contributed by atoms with van der Waals surface area (Å²) >= 11 is 0. The zero-order valence-electron chi connectivity index (χ0n) is 19.8. The van der Waals surface area contributed by atoms with Crippen LogP contribution < -0.4 is 0 Å². The molecule has 1 fully saturated rings. The number of hydrogen-bond acceptors (Lipinski definition) is 0. The maximum absolute atomic E-state index is 5.23. The van der Waals surface area contributed by atoms with Gasteiger partial charge in [-0.05, 0) is 42.7 Å². The van der Waals surface area contributed by atoms with Crippen molar-refractivity contribution in [2.45, 2.75) is 79.6 Å². The van der Waals surface area contributed by atoms with E-state index in [1.807, 2.05) is 13.0 Å². The van der Waals surface area contributed by atoms with Crippen LogP contribution in [0, 0.1) is 38.5 Å². The first-order valence-corrected chi connectivity index (χ1v) is 12.1. The van der Waals surface area contributed by atoms with Gasteiger partial charge in [-0.15, -0.1) is 11.3 Å². The minimum atomic E-state index is -1.49. The minimum Gasteiger partial charge on any atom is -0.660 e. The van der Waals surface area contributed by atoms with Crippen LogP contribution in [0.3, 0.4) is 0 Å². The first kappa shape index (κ1) is 33.7. The van der Waals surface area contributed by atoms with Crippen molar-refractivity contribution < 1.29 is 21.7 Å². The zero-order chi connectivity index (χ0) is 18.4. The Balaban J connectivity index is -0.000000235. The Bertz CT molecular complexity index is 416. The average Bonchev–Trinajstić information content (AvgIpc) is 2.59. The van der Waals surface area contributed by atoms with Gasteiger partial charge in [0, 0.05) is 0 Å². The van der Waals surface area contributed by atoms with Crippen molar-refractivity contribution in [3.8, 4) is 0 Å². The summed E-state index contributed by atoms with van der Waals surface area (Å²) in [5.41, 5.74) is 3.81. The standard InChI is InChI=1S/C15H32NSi.C6H8.2CH3.Ti/c1-10-11(2)13(4)14(12(10)3)17(8,9)16-15(5,6)7;1-3-5-6-4-2;;;/h10-14H,1-9H3;3-5H,1H2,2H3;2*1H3;/q-1;;2*-1;+3/t10-,11?,12-,13?,14?;;;;/m0..../s1. The van der Waals surface area contributed by atoms with Crippen LogP contribution in [0.2, 0.25) is 18.6 Å². The Morgan fingerprint density at radius 1 is 0.923 bits per heavy atom. The summed E-state index contributed by atoms with van der Waals surface area (Å²) < 4.78 is 0. The van der Waals surface area contributed by atoms with E-state index < -0.39 is 8.24 Å². The summed E-state index contributed by atoms with van der Waals surface area (Å²) in [6.45, 7) is 26.9. The van der Waals surface area contributed by atoms with E-state index in [9.17, 15) is 0 Å². The summed E-state index contributed by atoms with van der Waals surface area (Å²) in [6, 6.07) is 0. The maximum atomic E-state index is 5.23. The van der Waals surface area contributed by atoms with Gasteiger partial charge in [0.05, 0.1) is 0 Å².